The fourth-order valence-corrected chi connectivity index (χ4v) is 3.24. The summed E-state index contributed by atoms with van der Waals surface area (Å²) in [7, 11) is 1.64. The van der Waals surface area contributed by atoms with Crippen LogP contribution in [0.3, 0.4) is 0 Å². The van der Waals surface area contributed by atoms with Crippen LogP contribution in [0.5, 0.6) is 5.19 Å². The van der Waals surface area contributed by atoms with Crippen molar-refractivity contribution in [2.75, 3.05) is 31.7 Å². The number of hydrogen-bond acceptors (Lipinski definition) is 8. The summed E-state index contributed by atoms with van der Waals surface area (Å²) < 4.78 is 16.1. The summed E-state index contributed by atoms with van der Waals surface area (Å²) in [6.45, 7) is 3.11. The second-order valence-corrected chi connectivity index (χ2v) is 6.13. The van der Waals surface area contributed by atoms with Gasteiger partial charge in [0.25, 0.3) is 5.19 Å². The van der Waals surface area contributed by atoms with Gasteiger partial charge in [-0.1, -0.05) is 5.10 Å². The molecule has 10 heteroatoms. The third-order valence-corrected chi connectivity index (χ3v) is 4.40. The first-order valence-corrected chi connectivity index (χ1v) is 8.24. The Bertz CT molecular complexity index is 589. The zero-order valence-corrected chi connectivity index (χ0v) is 13.7. The normalized spacial score (nSPS) is 24.3. The Morgan fingerprint density at radius 2 is 2.30 bits per heavy atom. The van der Waals surface area contributed by atoms with Crippen molar-refractivity contribution in [3.05, 3.63) is 0 Å². The van der Waals surface area contributed by atoms with Crippen LogP contribution >= 0.6 is 11.3 Å². The molecule has 0 saturated carbocycles. The average Bonchev–Trinajstić information content (AvgIpc) is 3.23. The van der Waals surface area contributed by atoms with E-state index < -0.39 is 18.3 Å². The van der Waals surface area contributed by atoms with E-state index in [2.05, 4.69) is 10.2 Å². The van der Waals surface area contributed by atoms with E-state index in [1.54, 1.807) is 7.05 Å². The van der Waals surface area contributed by atoms with Crippen LogP contribution in [0.25, 0.3) is 0 Å². The average molecular weight is 342 g/mol. The second-order valence-electron chi connectivity index (χ2n) is 5.21. The first-order valence-electron chi connectivity index (χ1n) is 7.43. The van der Waals surface area contributed by atoms with Crippen LogP contribution in [-0.2, 0) is 14.3 Å². The van der Waals surface area contributed by atoms with Crippen molar-refractivity contribution in [2.45, 2.75) is 32.1 Å². The van der Waals surface area contributed by atoms with Crippen molar-refractivity contribution in [2.24, 2.45) is 0 Å². The molecule has 0 bridgehead atoms. The molecule has 2 unspecified atom stereocenters. The molecule has 1 aromatic heterocycles. The van der Waals surface area contributed by atoms with Crippen LogP contribution in [-0.4, -0.2) is 66.2 Å². The number of carbonyl (C=O) groups is 2. The summed E-state index contributed by atoms with van der Waals surface area (Å²) >= 11 is 1.14. The summed E-state index contributed by atoms with van der Waals surface area (Å²) in [5.41, 5.74) is 0. The van der Waals surface area contributed by atoms with E-state index in [0.29, 0.717) is 30.0 Å². The van der Waals surface area contributed by atoms with Crippen molar-refractivity contribution in [1.29, 1.82) is 0 Å². The van der Waals surface area contributed by atoms with E-state index >= 15 is 0 Å². The number of esters is 1. The molecule has 9 nitrogen and oxygen atoms in total. The summed E-state index contributed by atoms with van der Waals surface area (Å²) in [4.78, 5) is 27.2. The molecule has 0 aliphatic carbocycles. The van der Waals surface area contributed by atoms with E-state index in [0.717, 1.165) is 17.8 Å². The van der Waals surface area contributed by atoms with Crippen LogP contribution in [0.15, 0.2) is 0 Å². The maximum atomic E-state index is 12.3. The number of nitrogens with zero attached hydrogens (tertiary/aromatic N) is 4. The fraction of sp³-hybridized carbons (Fsp3) is 0.692. The molecular weight excluding hydrogens is 324 g/mol. The van der Waals surface area contributed by atoms with Gasteiger partial charge in [0.2, 0.25) is 11.4 Å². The predicted octanol–water partition coefficient (Wildman–Crippen LogP) is 0.857. The van der Waals surface area contributed by atoms with Gasteiger partial charge >= 0.3 is 12.0 Å². The summed E-state index contributed by atoms with van der Waals surface area (Å²) in [6.07, 6.45) is 0.182. The minimum Gasteiger partial charge on any atom is -0.469 e. The molecule has 1 aromatic rings. The lowest BCUT2D eigenvalue weighted by atomic mass is 10.2. The highest BCUT2D eigenvalue weighted by molar-refractivity contribution is 7.17. The molecule has 3 rings (SSSR count). The summed E-state index contributed by atoms with van der Waals surface area (Å²) in [5, 5.41) is 8.54. The van der Waals surface area contributed by atoms with Crippen LogP contribution < -0.4 is 9.64 Å². The lowest BCUT2D eigenvalue weighted by Crippen LogP contribution is -2.39. The number of urea groups is 1. The van der Waals surface area contributed by atoms with Gasteiger partial charge in [0.1, 0.15) is 0 Å². The van der Waals surface area contributed by atoms with Crippen LogP contribution in [0.1, 0.15) is 19.8 Å². The SMILES string of the molecule is CCOc1nnc(N2C(=O)N(C)CC2OC(=O)C2CCCO2)s1. The highest BCUT2D eigenvalue weighted by Crippen LogP contribution is 2.31. The number of ether oxygens (including phenoxy) is 3. The van der Waals surface area contributed by atoms with Crippen LogP contribution in [0.2, 0.25) is 0 Å². The Kier molecular flexibility index (Phi) is 4.62. The zero-order valence-electron chi connectivity index (χ0n) is 12.9. The van der Waals surface area contributed by atoms with Gasteiger partial charge in [0.05, 0.1) is 13.2 Å². The highest BCUT2D eigenvalue weighted by atomic mass is 32.1. The topological polar surface area (TPSA) is 94.1 Å². The van der Waals surface area contributed by atoms with E-state index in [1.165, 1.54) is 9.80 Å². The molecule has 0 N–H and O–H groups in total. The molecule has 3 heterocycles. The number of anilines is 1. The Hall–Kier alpha value is -1.94. The van der Waals surface area contributed by atoms with Gasteiger partial charge in [0, 0.05) is 13.7 Å². The van der Waals surface area contributed by atoms with Crippen LogP contribution in [0.4, 0.5) is 9.93 Å². The van der Waals surface area contributed by atoms with Crippen molar-refractivity contribution >= 4 is 28.5 Å². The minimum atomic E-state index is -0.744. The lowest BCUT2D eigenvalue weighted by molar-refractivity contribution is -0.158. The Labute approximate surface area is 137 Å². The number of aromatic nitrogens is 2. The van der Waals surface area contributed by atoms with Gasteiger partial charge in [-0.15, -0.1) is 5.10 Å². The maximum Gasteiger partial charge on any atom is 0.337 e. The number of carbonyl (C=O) groups excluding carboxylic acids is 2. The molecule has 2 atom stereocenters. The number of amides is 2. The molecule has 2 aliphatic heterocycles. The van der Waals surface area contributed by atoms with Crippen molar-refractivity contribution in [3.8, 4) is 5.19 Å². The number of rotatable bonds is 5. The Morgan fingerprint density at radius 3 is 3.00 bits per heavy atom. The summed E-state index contributed by atoms with van der Waals surface area (Å²) in [6, 6.07) is -0.297. The molecule has 0 spiro atoms. The van der Waals surface area contributed by atoms with E-state index in [9.17, 15) is 9.59 Å². The first-order chi connectivity index (χ1) is 11.1. The lowest BCUT2D eigenvalue weighted by Gasteiger charge is -2.21. The second kappa shape index (κ2) is 6.67. The maximum absolute atomic E-state index is 12.3. The monoisotopic (exact) mass is 342 g/mol. The van der Waals surface area contributed by atoms with E-state index in [4.69, 9.17) is 14.2 Å². The minimum absolute atomic E-state index is 0.265. The third kappa shape index (κ3) is 3.22. The highest BCUT2D eigenvalue weighted by Gasteiger charge is 2.42. The zero-order chi connectivity index (χ0) is 16.4. The van der Waals surface area contributed by atoms with Gasteiger partial charge in [-0.05, 0) is 31.1 Å². The van der Waals surface area contributed by atoms with E-state index in [1.807, 2.05) is 6.92 Å². The predicted molar refractivity (Wildman–Crippen MR) is 80.4 cm³/mol. The number of likely N-dealkylation sites (N-methyl/N-ethyl adjacent to an activating group) is 1. The fourth-order valence-electron chi connectivity index (χ4n) is 2.45. The van der Waals surface area contributed by atoms with Crippen molar-refractivity contribution < 1.29 is 23.8 Å². The molecule has 23 heavy (non-hydrogen) atoms. The molecule has 2 saturated heterocycles. The quantitative estimate of drug-likeness (QED) is 0.732. The molecule has 0 radical (unpaired) electrons. The van der Waals surface area contributed by atoms with Gasteiger partial charge in [-0.3, -0.25) is 0 Å². The Balaban J connectivity index is 1.74. The van der Waals surface area contributed by atoms with E-state index in [-0.39, 0.29) is 12.6 Å². The molecule has 2 aliphatic rings. The van der Waals surface area contributed by atoms with Crippen molar-refractivity contribution in [1.82, 2.24) is 15.1 Å². The largest absolute Gasteiger partial charge is 0.469 e. The van der Waals surface area contributed by atoms with Gasteiger partial charge in [-0.2, -0.15) is 0 Å². The van der Waals surface area contributed by atoms with Gasteiger partial charge < -0.3 is 19.1 Å². The van der Waals surface area contributed by atoms with Gasteiger partial charge in [0.15, 0.2) is 6.10 Å². The standard InChI is InChI=1S/C13H18N4O5S/c1-3-20-12-15-14-11(23-12)17-9(7-16(2)13(17)19)22-10(18)8-5-4-6-21-8/h8-9H,3-7H2,1-2H3. The molecule has 0 aromatic carbocycles. The molecular formula is C13H18N4O5S. The smallest absolute Gasteiger partial charge is 0.337 e. The number of hydrogen-bond donors (Lipinski definition) is 0. The molecule has 2 amide bonds. The summed E-state index contributed by atoms with van der Waals surface area (Å²) in [5.74, 6) is -0.449. The molecule has 2 fully saturated rings. The Morgan fingerprint density at radius 1 is 1.48 bits per heavy atom. The third-order valence-electron chi connectivity index (χ3n) is 3.57. The van der Waals surface area contributed by atoms with Crippen LogP contribution in [0, 0.1) is 0 Å². The van der Waals surface area contributed by atoms with Crippen molar-refractivity contribution in [3.63, 3.8) is 0 Å². The van der Waals surface area contributed by atoms with Gasteiger partial charge in [-0.25, -0.2) is 14.5 Å². The molecule has 126 valence electrons. The first kappa shape index (κ1) is 15.9.